The van der Waals surface area contributed by atoms with Crippen LogP contribution in [0.15, 0.2) is 31.1 Å². The molecule has 0 spiro atoms. The van der Waals surface area contributed by atoms with E-state index in [2.05, 4.69) is 32.2 Å². The molecule has 0 bridgehead atoms. The van der Waals surface area contributed by atoms with Crippen LogP contribution in [0.25, 0.3) is 5.82 Å². The van der Waals surface area contributed by atoms with Crippen LogP contribution in [0.5, 0.6) is 0 Å². The van der Waals surface area contributed by atoms with Crippen molar-refractivity contribution in [2.75, 3.05) is 20.1 Å². The van der Waals surface area contributed by atoms with Crippen LogP contribution in [0.1, 0.15) is 23.3 Å². The van der Waals surface area contributed by atoms with Crippen molar-refractivity contribution in [2.24, 2.45) is 0 Å². The normalized spacial score (nSPS) is 16.8. The highest BCUT2D eigenvalue weighted by molar-refractivity contribution is 5.92. The van der Waals surface area contributed by atoms with E-state index >= 15 is 0 Å². The first-order chi connectivity index (χ1) is 10.2. The summed E-state index contributed by atoms with van der Waals surface area (Å²) < 4.78 is 1.72. The summed E-state index contributed by atoms with van der Waals surface area (Å²) in [6, 6.07) is 0.215. The van der Waals surface area contributed by atoms with Gasteiger partial charge in [0, 0.05) is 18.4 Å². The summed E-state index contributed by atoms with van der Waals surface area (Å²) in [6.07, 6.45) is 10.1. The molecule has 0 radical (unpaired) electrons. The van der Waals surface area contributed by atoms with Gasteiger partial charge in [0.05, 0.1) is 12.4 Å². The summed E-state index contributed by atoms with van der Waals surface area (Å²) in [5.74, 6) is 0.419. The van der Waals surface area contributed by atoms with Gasteiger partial charge in [0.25, 0.3) is 5.91 Å². The Kier molecular flexibility index (Phi) is 3.92. The van der Waals surface area contributed by atoms with E-state index in [-0.39, 0.29) is 11.9 Å². The summed E-state index contributed by atoms with van der Waals surface area (Å²) >= 11 is 0. The second-order valence-corrected chi connectivity index (χ2v) is 5.28. The summed E-state index contributed by atoms with van der Waals surface area (Å²) in [6.45, 7) is 2.01. The van der Waals surface area contributed by atoms with Crippen molar-refractivity contribution < 1.29 is 4.79 Å². The van der Waals surface area contributed by atoms with Gasteiger partial charge in [0.15, 0.2) is 5.82 Å². The second kappa shape index (κ2) is 6.01. The monoisotopic (exact) mass is 286 g/mol. The van der Waals surface area contributed by atoms with Gasteiger partial charge in [0.2, 0.25) is 0 Å². The Labute approximate surface area is 123 Å². The largest absolute Gasteiger partial charge is 0.348 e. The van der Waals surface area contributed by atoms with Crippen LogP contribution in [0.4, 0.5) is 0 Å². The van der Waals surface area contributed by atoms with Gasteiger partial charge < -0.3 is 10.2 Å². The van der Waals surface area contributed by atoms with Crippen LogP contribution in [-0.4, -0.2) is 56.5 Å². The van der Waals surface area contributed by atoms with Gasteiger partial charge in [-0.1, -0.05) is 0 Å². The van der Waals surface area contributed by atoms with E-state index in [1.807, 2.05) is 0 Å². The van der Waals surface area contributed by atoms with Crippen molar-refractivity contribution in [3.63, 3.8) is 0 Å². The molecular weight excluding hydrogens is 268 g/mol. The molecule has 0 aromatic carbocycles. The van der Waals surface area contributed by atoms with E-state index in [0.717, 1.165) is 25.9 Å². The van der Waals surface area contributed by atoms with Crippen molar-refractivity contribution in [2.45, 2.75) is 18.9 Å². The summed E-state index contributed by atoms with van der Waals surface area (Å²) in [7, 11) is 2.10. The van der Waals surface area contributed by atoms with Crippen LogP contribution in [0.2, 0.25) is 0 Å². The van der Waals surface area contributed by atoms with Crippen molar-refractivity contribution >= 4 is 5.91 Å². The fourth-order valence-electron chi connectivity index (χ4n) is 2.40. The van der Waals surface area contributed by atoms with Crippen LogP contribution in [-0.2, 0) is 0 Å². The highest BCUT2D eigenvalue weighted by atomic mass is 16.1. The zero-order valence-corrected chi connectivity index (χ0v) is 11.9. The molecule has 110 valence electrons. The van der Waals surface area contributed by atoms with Crippen molar-refractivity contribution in [3.8, 4) is 5.82 Å². The van der Waals surface area contributed by atoms with E-state index in [0.29, 0.717) is 11.5 Å². The van der Waals surface area contributed by atoms with Gasteiger partial charge >= 0.3 is 0 Å². The Bertz CT molecular complexity index is 604. The molecule has 2 aromatic heterocycles. The lowest BCUT2D eigenvalue weighted by Crippen LogP contribution is -2.43. The molecule has 7 nitrogen and oxygen atoms in total. The lowest BCUT2D eigenvalue weighted by molar-refractivity contribution is 0.0911. The number of hydrogen-bond donors (Lipinski definition) is 1. The van der Waals surface area contributed by atoms with Crippen LogP contribution in [0.3, 0.4) is 0 Å². The minimum atomic E-state index is -0.168. The molecule has 1 aliphatic rings. The van der Waals surface area contributed by atoms with Gasteiger partial charge in [-0.05, 0) is 33.0 Å². The average Bonchev–Trinajstić information content (AvgIpc) is 3.04. The number of imidazole rings is 1. The number of hydrogen-bond acceptors (Lipinski definition) is 5. The van der Waals surface area contributed by atoms with Crippen molar-refractivity contribution in [1.29, 1.82) is 0 Å². The quantitative estimate of drug-likeness (QED) is 0.888. The van der Waals surface area contributed by atoms with Gasteiger partial charge in [-0.15, -0.1) is 0 Å². The van der Waals surface area contributed by atoms with E-state index in [1.165, 1.54) is 6.20 Å². The molecule has 0 saturated carbocycles. The Morgan fingerprint density at radius 3 is 2.81 bits per heavy atom. The Morgan fingerprint density at radius 2 is 2.10 bits per heavy atom. The molecule has 1 N–H and O–H groups in total. The maximum atomic E-state index is 12.3. The highest BCUT2D eigenvalue weighted by Crippen LogP contribution is 2.09. The summed E-state index contributed by atoms with van der Waals surface area (Å²) in [5, 5.41) is 3.04. The molecule has 0 unspecified atom stereocenters. The molecule has 1 fully saturated rings. The molecule has 0 aliphatic carbocycles. The van der Waals surface area contributed by atoms with Crippen LogP contribution < -0.4 is 5.32 Å². The van der Waals surface area contributed by atoms with E-state index in [1.54, 1.807) is 29.5 Å². The van der Waals surface area contributed by atoms with Gasteiger partial charge in [-0.2, -0.15) is 0 Å². The molecular formula is C14H18N6O. The lowest BCUT2D eigenvalue weighted by Gasteiger charge is -2.29. The zero-order chi connectivity index (χ0) is 14.7. The Balaban J connectivity index is 1.69. The lowest BCUT2D eigenvalue weighted by atomic mass is 10.1. The third kappa shape index (κ3) is 3.25. The molecule has 3 heterocycles. The smallest absolute Gasteiger partial charge is 0.271 e. The molecule has 2 aromatic rings. The molecule has 1 amide bonds. The third-order valence-electron chi connectivity index (χ3n) is 3.68. The Morgan fingerprint density at radius 1 is 1.29 bits per heavy atom. The zero-order valence-electron chi connectivity index (χ0n) is 11.9. The number of aromatic nitrogens is 4. The first kappa shape index (κ1) is 13.7. The number of carbonyl (C=O) groups is 1. The van der Waals surface area contributed by atoms with Gasteiger partial charge in [0.1, 0.15) is 12.0 Å². The minimum absolute atomic E-state index is 0.168. The minimum Gasteiger partial charge on any atom is -0.348 e. The number of carbonyl (C=O) groups excluding carboxylic acids is 1. The first-order valence-corrected chi connectivity index (χ1v) is 7.02. The number of nitrogens with one attached hydrogen (secondary N) is 1. The highest BCUT2D eigenvalue weighted by Gasteiger charge is 2.20. The fourth-order valence-corrected chi connectivity index (χ4v) is 2.40. The van der Waals surface area contributed by atoms with Crippen molar-refractivity contribution in [1.82, 2.24) is 29.7 Å². The molecule has 1 aliphatic heterocycles. The number of nitrogens with zero attached hydrogens (tertiary/aromatic N) is 5. The van der Waals surface area contributed by atoms with Gasteiger partial charge in [-0.25, -0.2) is 9.97 Å². The molecule has 21 heavy (non-hydrogen) atoms. The SMILES string of the molecule is CN1CCC(NC(=O)c2cncc(-n3ccnc3)n2)CC1. The average molecular weight is 286 g/mol. The maximum Gasteiger partial charge on any atom is 0.271 e. The Hall–Kier alpha value is -2.28. The van der Waals surface area contributed by atoms with E-state index in [9.17, 15) is 4.79 Å². The standard InChI is InChI=1S/C14H18N6O/c1-19-5-2-11(3-6-19)17-14(21)12-8-16-9-13(18-12)20-7-4-15-10-20/h4,7-11H,2-3,5-6H2,1H3,(H,17,21). The maximum absolute atomic E-state index is 12.3. The van der Waals surface area contributed by atoms with E-state index < -0.39 is 0 Å². The molecule has 7 heteroatoms. The van der Waals surface area contributed by atoms with Crippen LogP contribution >= 0.6 is 0 Å². The molecule has 3 rings (SSSR count). The third-order valence-corrected chi connectivity index (χ3v) is 3.68. The van der Waals surface area contributed by atoms with Crippen LogP contribution in [0, 0.1) is 0 Å². The number of rotatable bonds is 3. The second-order valence-electron chi connectivity index (χ2n) is 5.28. The van der Waals surface area contributed by atoms with Crippen molar-refractivity contribution in [3.05, 3.63) is 36.8 Å². The predicted octanol–water partition coefficient (Wildman–Crippen LogP) is 0.486. The summed E-state index contributed by atoms with van der Waals surface area (Å²) in [5.41, 5.74) is 0.333. The van der Waals surface area contributed by atoms with Gasteiger partial charge in [-0.3, -0.25) is 14.3 Å². The fraction of sp³-hybridized carbons (Fsp3) is 0.429. The number of likely N-dealkylation sites (tertiary alicyclic amines) is 1. The molecule has 0 atom stereocenters. The molecule has 1 saturated heterocycles. The number of piperidine rings is 1. The topological polar surface area (TPSA) is 75.9 Å². The summed E-state index contributed by atoms with van der Waals surface area (Å²) in [4.78, 5) is 26.9. The first-order valence-electron chi connectivity index (χ1n) is 7.02. The predicted molar refractivity (Wildman–Crippen MR) is 77.1 cm³/mol. The van der Waals surface area contributed by atoms with E-state index in [4.69, 9.17) is 0 Å². The number of amides is 1.